The van der Waals surface area contributed by atoms with E-state index in [9.17, 15) is 4.79 Å². The Morgan fingerprint density at radius 2 is 1.77 bits per heavy atom. The quantitative estimate of drug-likeness (QED) is 0.606. The first-order chi connectivity index (χ1) is 12.6. The molecule has 0 fully saturated rings. The second-order valence-electron chi connectivity index (χ2n) is 5.63. The van der Waals surface area contributed by atoms with Gasteiger partial charge in [0, 0.05) is 31.1 Å². The van der Waals surface area contributed by atoms with Crippen LogP contribution in [-0.4, -0.2) is 29.5 Å². The van der Waals surface area contributed by atoms with E-state index in [1.165, 1.54) is 10.7 Å². The predicted molar refractivity (Wildman–Crippen MR) is 97.5 cm³/mol. The molecule has 8 nitrogen and oxygen atoms in total. The van der Waals surface area contributed by atoms with Gasteiger partial charge in [-0.15, -0.1) is 0 Å². The van der Waals surface area contributed by atoms with Crippen molar-refractivity contribution < 1.29 is 0 Å². The Morgan fingerprint density at radius 3 is 2.46 bits per heavy atom. The fourth-order valence-electron chi connectivity index (χ4n) is 2.61. The second kappa shape index (κ2) is 6.25. The molecule has 0 amide bonds. The molecule has 0 unspecified atom stereocenters. The summed E-state index contributed by atoms with van der Waals surface area (Å²) in [6.07, 6.45) is 3.37. The number of hydrogen-bond acceptors (Lipinski definition) is 6. The Balaban J connectivity index is 2.00. The van der Waals surface area contributed by atoms with Gasteiger partial charge in [-0.1, -0.05) is 30.3 Å². The molecule has 0 radical (unpaired) electrons. The molecule has 0 atom stereocenters. The lowest BCUT2D eigenvalue weighted by atomic mass is 10.1. The van der Waals surface area contributed by atoms with E-state index in [1.54, 1.807) is 36.3 Å². The molecule has 128 valence electrons. The van der Waals surface area contributed by atoms with E-state index in [-0.39, 0.29) is 11.4 Å². The summed E-state index contributed by atoms with van der Waals surface area (Å²) in [5, 5.41) is 8.49. The van der Waals surface area contributed by atoms with Gasteiger partial charge in [-0.3, -0.25) is 4.79 Å². The third-order valence-corrected chi connectivity index (χ3v) is 3.88. The lowest BCUT2D eigenvalue weighted by Crippen LogP contribution is -2.19. The van der Waals surface area contributed by atoms with Crippen LogP contribution in [0.3, 0.4) is 0 Å². The minimum Gasteiger partial charge on any atom is -0.381 e. The number of anilines is 1. The van der Waals surface area contributed by atoms with Crippen LogP contribution in [-0.2, 0) is 7.05 Å². The first-order valence-electron chi connectivity index (χ1n) is 7.91. The summed E-state index contributed by atoms with van der Waals surface area (Å²) in [6.45, 7) is 0. The maximum Gasteiger partial charge on any atom is 0.266 e. The van der Waals surface area contributed by atoms with Gasteiger partial charge in [-0.2, -0.15) is 10.2 Å². The lowest BCUT2D eigenvalue weighted by Gasteiger charge is -2.12. The van der Waals surface area contributed by atoms with E-state index >= 15 is 0 Å². The van der Waals surface area contributed by atoms with Crippen molar-refractivity contribution in [2.45, 2.75) is 0 Å². The normalized spacial score (nSPS) is 10.8. The highest BCUT2D eigenvalue weighted by molar-refractivity contribution is 5.78. The number of nitrogens with two attached hydrogens (primary N) is 1. The van der Waals surface area contributed by atoms with E-state index in [0.29, 0.717) is 22.9 Å². The largest absolute Gasteiger partial charge is 0.381 e. The third kappa shape index (κ3) is 2.73. The molecule has 0 bridgehead atoms. The van der Waals surface area contributed by atoms with Crippen molar-refractivity contribution in [3.8, 4) is 28.5 Å². The van der Waals surface area contributed by atoms with Crippen molar-refractivity contribution in [3.05, 3.63) is 71.3 Å². The maximum atomic E-state index is 11.7. The van der Waals surface area contributed by atoms with Crippen LogP contribution in [0.1, 0.15) is 0 Å². The summed E-state index contributed by atoms with van der Waals surface area (Å²) in [6, 6.07) is 14.4. The molecule has 0 saturated heterocycles. The molecule has 26 heavy (non-hydrogen) atoms. The van der Waals surface area contributed by atoms with Crippen molar-refractivity contribution >= 4 is 5.82 Å². The standard InChI is InChI=1S/C18H15N7O/c1-24-14(26)9-8-13(23-24)16-15(12-6-3-2-4-7-12)21-17(19)18(22-16)25-11-5-10-20-25/h2-11H,1H3,(H2,19,21). The van der Waals surface area contributed by atoms with E-state index in [4.69, 9.17) is 5.73 Å². The molecule has 3 heterocycles. The molecule has 0 aliphatic heterocycles. The van der Waals surface area contributed by atoms with Crippen LogP contribution in [0.15, 0.2) is 65.7 Å². The van der Waals surface area contributed by atoms with Gasteiger partial charge in [0.2, 0.25) is 0 Å². The number of aryl methyl sites for hydroxylation is 1. The highest BCUT2D eigenvalue weighted by atomic mass is 16.1. The lowest BCUT2D eigenvalue weighted by molar-refractivity contribution is 0.710. The summed E-state index contributed by atoms with van der Waals surface area (Å²) >= 11 is 0. The topological polar surface area (TPSA) is 105 Å². The van der Waals surface area contributed by atoms with E-state index < -0.39 is 0 Å². The summed E-state index contributed by atoms with van der Waals surface area (Å²) < 4.78 is 2.80. The zero-order chi connectivity index (χ0) is 18.1. The number of nitrogen functional groups attached to an aromatic ring is 1. The molecule has 0 spiro atoms. The van der Waals surface area contributed by atoms with Crippen LogP contribution in [0.25, 0.3) is 28.5 Å². The SMILES string of the molecule is Cn1nc(-c2nc(-n3cccn3)c(N)nc2-c2ccccc2)ccc1=O. The van der Waals surface area contributed by atoms with Gasteiger partial charge in [0.05, 0.1) is 0 Å². The summed E-state index contributed by atoms with van der Waals surface area (Å²) in [5.74, 6) is 0.654. The van der Waals surface area contributed by atoms with Gasteiger partial charge < -0.3 is 5.73 Å². The highest BCUT2D eigenvalue weighted by Crippen LogP contribution is 2.30. The van der Waals surface area contributed by atoms with Gasteiger partial charge in [0.15, 0.2) is 11.6 Å². The first kappa shape index (κ1) is 15.7. The number of benzene rings is 1. The van der Waals surface area contributed by atoms with Crippen LogP contribution in [0.5, 0.6) is 0 Å². The molecule has 0 aliphatic rings. The van der Waals surface area contributed by atoms with Crippen molar-refractivity contribution in [3.63, 3.8) is 0 Å². The molecule has 4 aromatic rings. The predicted octanol–water partition coefficient (Wildman–Crippen LogP) is 1.67. The summed E-state index contributed by atoms with van der Waals surface area (Å²) in [7, 11) is 1.59. The number of hydrogen-bond donors (Lipinski definition) is 1. The molecular weight excluding hydrogens is 330 g/mol. The van der Waals surface area contributed by atoms with Crippen molar-refractivity contribution in [2.75, 3.05) is 5.73 Å². The number of nitrogens with zero attached hydrogens (tertiary/aromatic N) is 6. The monoisotopic (exact) mass is 345 g/mol. The highest BCUT2D eigenvalue weighted by Gasteiger charge is 2.18. The Kier molecular flexibility index (Phi) is 3.77. The Morgan fingerprint density at radius 1 is 0.962 bits per heavy atom. The molecule has 0 saturated carbocycles. The van der Waals surface area contributed by atoms with Gasteiger partial charge in [-0.05, 0) is 12.1 Å². The zero-order valence-electron chi connectivity index (χ0n) is 13.9. The molecule has 8 heteroatoms. The van der Waals surface area contributed by atoms with Crippen molar-refractivity contribution in [1.82, 2.24) is 29.5 Å². The molecule has 1 aromatic carbocycles. The molecular formula is C18H15N7O. The fraction of sp³-hybridized carbons (Fsp3) is 0.0556. The molecule has 4 rings (SSSR count). The van der Waals surface area contributed by atoms with Crippen LogP contribution >= 0.6 is 0 Å². The number of rotatable bonds is 3. The van der Waals surface area contributed by atoms with Gasteiger partial charge >= 0.3 is 0 Å². The summed E-state index contributed by atoms with van der Waals surface area (Å²) in [4.78, 5) is 20.9. The third-order valence-electron chi connectivity index (χ3n) is 3.88. The van der Waals surface area contributed by atoms with E-state index in [2.05, 4.69) is 20.2 Å². The Labute approximate surface area is 148 Å². The zero-order valence-corrected chi connectivity index (χ0v) is 13.9. The van der Waals surface area contributed by atoms with Crippen molar-refractivity contribution in [1.29, 1.82) is 0 Å². The van der Waals surface area contributed by atoms with Gasteiger partial charge in [-0.25, -0.2) is 19.3 Å². The number of aromatic nitrogens is 6. The summed E-state index contributed by atoms with van der Waals surface area (Å²) in [5.41, 5.74) is 8.42. The van der Waals surface area contributed by atoms with Gasteiger partial charge in [0.1, 0.15) is 17.1 Å². The molecule has 0 aliphatic carbocycles. The molecule has 2 N–H and O–H groups in total. The van der Waals surface area contributed by atoms with Crippen LogP contribution < -0.4 is 11.3 Å². The second-order valence-corrected chi connectivity index (χ2v) is 5.63. The minimum atomic E-state index is -0.203. The Hall–Kier alpha value is -3.81. The Bertz CT molecular complexity index is 1120. The van der Waals surface area contributed by atoms with Crippen LogP contribution in [0.2, 0.25) is 0 Å². The van der Waals surface area contributed by atoms with Crippen LogP contribution in [0.4, 0.5) is 5.82 Å². The first-order valence-corrected chi connectivity index (χ1v) is 7.91. The smallest absolute Gasteiger partial charge is 0.266 e. The maximum absolute atomic E-state index is 11.7. The minimum absolute atomic E-state index is 0.203. The average molecular weight is 345 g/mol. The van der Waals surface area contributed by atoms with E-state index in [1.807, 2.05) is 30.3 Å². The van der Waals surface area contributed by atoms with E-state index in [0.717, 1.165) is 5.56 Å². The average Bonchev–Trinajstić information content (AvgIpc) is 3.19. The fourth-order valence-corrected chi connectivity index (χ4v) is 2.61. The van der Waals surface area contributed by atoms with Crippen molar-refractivity contribution in [2.24, 2.45) is 7.05 Å². The molecule has 3 aromatic heterocycles. The van der Waals surface area contributed by atoms with Crippen LogP contribution in [0, 0.1) is 0 Å². The van der Waals surface area contributed by atoms with Gasteiger partial charge in [0.25, 0.3) is 5.56 Å².